The summed E-state index contributed by atoms with van der Waals surface area (Å²) in [5, 5.41) is 3.83. The molecule has 2 aromatic rings. The highest BCUT2D eigenvalue weighted by molar-refractivity contribution is 7.89. The first kappa shape index (κ1) is 20.5. The summed E-state index contributed by atoms with van der Waals surface area (Å²) >= 11 is 0. The average Bonchev–Trinajstić information content (AvgIpc) is 3.16. The highest BCUT2D eigenvalue weighted by Gasteiger charge is 2.27. The fourth-order valence-electron chi connectivity index (χ4n) is 3.22. The zero-order valence-corrected chi connectivity index (χ0v) is 17.3. The number of aryl methyl sites for hydroxylation is 2. The Morgan fingerprint density at radius 3 is 2.61 bits per heavy atom. The van der Waals surface area contributed by atoms with Gasteiger partial charge in [0.15, 0.2) is 5.82 Å². The molecule has 3 rings (SSSR count). The minimum Gasteiger partial charge on any atom is -0.337 e. The summed E-state index contributed by atoms with van der Waals surface area (Å²) in [7, 11) is -1.97. The molecular formula is C19H26N4O4S. The van der Waals surface area contributed by atoms with Crippen LogP contribution in [-0.4, -0.2) is 53.8 Å². The first-order valence-corrected chi connectivity index (χ1v) is 10.9. The van der Waals surface area contributed by atoms with Crippen molar-refractivity contribution in [1.29, 1.82) is 0 Å². The van der Waals surface area contributed by atoms with Crippen molar-refractivity contribution in [1.82, 2.24) is 19.3 Å². The molecule has 0 saturated carbocycles. The molecular weight excluding hydrogens is 380 g/mol. The fraction of sp³-hybridized carbons (Fsp3) is 0.526. The minimum absolute atomic E-state index is 0.155. The monoisotopic (exact) mass is 406 g/mol. The van der Waals surface area contributed by atoms with Gasteiger partial charge in [0.1, 0.15) is 0 Å². The van der Waals surface area contributed by atoms with Crippen LogP contribution in [0.4, 0.5) is 0 Å². The number of sulfonamides is 1. The molecule has 9 heteroatoms. The standard InChI is InChI=1S/C19H26N4O4S/c1-4-17-20-18(27-21-17)13-22(3)19(24)16-12-15(9-8-14(16)2)28(25,26)23-10-6-5-7-11-23/h8-9,12H,4-7,10-11,13H2,1-3H3. The Hall–Kier alpha value is -2.26. The van der Waals surface area contributed by atoms with Gasteiger partial charge in [0.25, 0.3) is 5.91 Å². The van der Waals surface area contributed by atoms with Gasteiger partial charge in [-0.25, -0.2) is 8.42 Å². The van der Waals surface area contributed by atoms with Gasteiger partial charge in [-0.1, -0.05) is 24.6 Å². The van der Waals surface area contributed by atoms with E-state index in [-0.39, 0.29) is 17.3 Å². The van der Waals surface area contributed by atoms with E-state index < -0.39 is 10.0 Å². The Balaban J connectivity index is 1.82. The predicted molar refractivity (Wildman–Crippen MR) is 103 cm³/mol. The lowest BCUT2D eigenvalue weighted by molar-refractivity contribution is 0.0768. The molecule has 0 N–H and O–H groups in total. The second-order valence-corrected chi connectivity index (χ2v) is 9.00. The topological polar surface area (TPSA) is 96.6 Å². The van der Waals surface area contributed by atoms with E-state index in [1.54, 1.807) is 26.1 Å². The van der Waals surface area contributed by atoms with Crippen molar-refractivity contribution in [2.24, 2.45) is 0 Å². The zero-order valence-electron chi connectivity index (χ0n) is 16.5. The SMILES string of the molecule is CCc1noc(CN(C)C(=O)c2cc(S(=O)(=O)N3CCCCC3)ccc2C)n1. The normalized spacial score (nSPS) is 15.5. The summed E-state index contributed by atoms with van der Waals surface area (Å²) in [6.45, 7) is 4.92. The first-order valence-electron chi connectivity index (χ1n) is 9.50. The van der Waals surface area contributed by atoms with E-state index in [9.17, 15) is 13.2 Å². The van der Waals surface area contributed by atoms with E-state index in [0.29, 0.717) is 42.4 Å². The number of carbonyl (C=O) groups is 1. The van der Waals surface area contributed by atoms with Gasteiger partial charge >= 0.3 is 0 Å². The summed E-state index contributed by atoms with van der Waals surface area (Å²) in [5.74, 6) is 0.647. The van der Waals surface area contributed by atoms with Gasteiger partial charge in [0, 0.05) is 32.1 Å². The smallest absolute Gasteiger partial charge is 0.254 e. The van der Waals surface area contributed by atoms with Crippen molar-refractivity contribution in [2.75, 3.05) is 20.1 Å². The van der Waals surface area contributed by atoms with Crippen molar-refractivity contribution < 1.29 is 17.7 Å². The van der Waals surface area contributed by atoms with Crippen molar-refractivity contribution in [3.05, 3.63) is 41.0 Å². The molecule has 152 valence electrons. The van der Waals surface area contributed by atoms with Crippen LogP contribution in [0.3, 0.4) is 0 Å². The third kappa shape index (κ3) is 4.25. The lowest BCUT2D eigenvalue weighted by Crippen LogP contribution is -2.35. The number of hydrogen-bond donors (Lipinski definition) is 0. The molecule has 0 aliphatic carbocycles. The number of rotatable bonds is 6. The third-order valence-electron chi connectivity index (χ3n) is 4.94. The van der Waals surface area contributed by atoms with Gasteiger partial charge in [0.2, 0.25) is 15.9 Å². The van der Waals surface area contributed by atoms with Gasteiger partial charge in [-0.3, -0.25) is 4.79 Å². The number of nitrogens with zero attached hydrogens (tertiary/aromatic N) is 4. The number of benzene rings is 1. The number of hydrogen-bond acceptors (Lipinski definition) is 6. The van der Waals surface area contributed by atoms with Gasteiger partial charge in [-0.2, -0.15) is 9.29 Å². The lowest BCUT2D eigenvalue weighted by Gasteiger charge is -2.26. The van der Waals surface area contributed by atoms with Gasteiger partial charge in [0.05, 0.1) is 11.4 Å². The van der Waals surface area contributed by atoms with Crippen molar-refractivity contribution in [3.63, 3.8) is 0 Å². The molecule has 8 nitrogen and oxygen atoms in total. The third-order valence-corrected chi connectivity index (χ3v) is 6.83. The molecule has 0 radical (unpaired) electrons. The van der Waals surface area contributed by atoms with E-state index in [1.807, 2.05) is 6.92 Å². The van der Waals surface area contributed by atoms with Crippen molar-refractivity contribution in [2.45, 2.75) is 51.0 Å². The maximum absolute atomic E-state index is 12.9. The van der Waals surface area contributed by atoms with Crippen LogP contribution < -0.4 is 0 Å². The molecule has 1 fully saturated rings. The highest BCUT2D eigenvalue weighted by Crippen LogP contribution is 2.23. The van der Waals surface area contributed by atoms with Crippen LogP contribution in [0.2, 0.25) is 0 Å². The second-order valence-electron chi connectivity index (χ2n) is 7.06. The quantitative estimate of drug-likeness (QED) is 0.731. The van der Waals surface area contributed by atoms with Gasteiger partial charge in [-0.15, -0.1) is 0 Å². The molecule has 0 spiro atoms. The largest absolute Gasteiger partial charge is 0.337 e. The van der Waals surface area contributed by atoms with E-state index in [4.69, 9.17) is 4.52 Å². The second kappa shape index (κ2) is 8.40. The van der Waals surface area contributed by atoms with Crippen LogP contribution in [-0.2, 0) is 23.0 Å². The molecule has 1 aliphatic heterocycles. The Labute approximate surface area is 165 Å². The van der Waals surface area contributed by atoms with Crippen LogP contribution in [0.25, 0.3) is 0 Å². The van der Waals surface area contributed by atoms with Crippen LogP contribution >= 0.6 is 0 Å². The average molecular weight is 407 g/mol. The van der Waals surface area contributed by atoms with Gasteiger partial charge < -0.3 is 9.42 Å². The Morgan fingerprint density at radius 1 is 1.25 bits per heavy atom. The summed E-state index contributed by atoms with van der Waals surface area (Å²) < 4.78 is 32.5. The Bertz CT molecular complexity index is 949. The number of piperidine rings is 1. The van der Waals surface area contributed by atoms with E-state index >= 15 is 0 Å². The minimum atomic E-state index is -3.60. The maximum atomic E-state index is 12.9. The van der Waals surface area contributed by atoms with Crippen LogP contribution in [0.1, 0.15) is 53.8 Å². The molecule has 0 atom stereocenters. The number of aromatic nitrogens is 2. The summed E-state index contributed by atoms with van der Waals surface area (Å²) in [5.41, 5.74) is 1.07. The molecule has 1 amide bonds. The van der Waals surface area contributed by atoms with Crippen molar-refractivity contribution in [3.8, 4) is 0 Å². The molecule has 1 saturated heterocycles. The van der Waals surface area contributed by atoms with Crippen LogP contribution in [0.5, 0.6) is 0 Å². The fourth-order valence-corrected chi connectivity index (χ4v) is 4.77. The Morgan fingerprint density at radius 2 is 1.96 bits per heavy atom. The van der Waals surface area contributed by atoms with E-state index in [1.165, 1.54) is 15.3 Å². The lowest BCUT2D eigenvalue weighted by atomic mass is 10.1. The first-order chi connectivity index (χ1) is 13.3. The maximum Gasteiger partial charge on any atom is 0.254 e. The van der Waals surface area contributed by atoms with Gasteiger partial charge in [-0.05, 0) is 37.5 Å². The number of amides is 1. The summed E-state index contributed by atoms with van der Waals surface area (Å²) in [6.07, 6.45) is 3.42. The molecule has 0 unspecified atom stereocenters. The molecule has 1 aliphatic rings. The highest BCUT2D eigenvalue weighted by atomic mass is 32.2. The summed E-state index contributed by atoms with van der Waals surface area (Å²) in [4.78, 5) is 18.7. The predicted octanol–water partition coefficient (Wildman–Crippen LogP) is 2.39. The molecule has 1 aromatic heterocycles. The van der Waals surface area contributed by atoms with E-state index in [2.05, 4.69) is 10.1 Å². The van der Waals surface area contributed by atoms with Crippen LogP contribution in [0, 0.1) is 6.92 Å². The Kier molecular flexibility index (Phi) is 6.14. The zero-order chi connectivity index (χ0) is 20.3. The molecule has 0 bridgehead atoms. The summed E-state index contributed by atoms with van der Waals surface area (Å²) in [6, 6.07) is 4.73. The molecule has 1 aromatic carbocycles. The van der Waals surface area contributed by atoms with E-state index in [0.717, 1.165) is 19.3 Å². The van der Waals surface area contributed by atoms with Crippen LogP contribution in [0.15, 0.2) is 27.6 Å². The van der Waals surface area contributed by atoms with Crippen molar-refractivity contribution >= 4 is 15.9 Å². The number of carbonyl (C=O) groups excluding carboxylic acids is 1. The molecule has 2 heterocycles. The molecule has 28 heavy (non-hydrogen) atoms.